The van der Waals surface area contributed by atoms with Crippen LogP contribution in [0.5, 0.6) is 0 Å². The van der Waals surface area contributed by atoms with Crippen molar-refractivity contribution in [2.45, 2.75) is 84.2 Å². The fourth-order valence-electron chi connectivity index (χ4n) is 7.91. The lowest BCUT2D eigenvalue weighted by Crippen LogP contribution is -2.58. The van der Waals surface area contributed by atoms with Crippen LogP contribution in [0.2, 0.25) is 0 Å². The largest absolute Gasteiger partial charge is 0.390 e. The summed E-state index contributed by atoms with van der Waals surface area (Å²) in [6.07, 6.45) is 12.6. The third-order valence-corrected chi connectivity index (χ3v) is 9.05. The molecule has 4 rings (SSSR count). The molecule has 0 aromatic carbocycles. The van der Waals surface area contributed by atoms with Gasteiger partial charge < -0.3 is 9.84 Å². The number of methoxy groups -OCH3 is 1. The number of hydrogen-bond donors (Lipinski definition) is 1. The second-order valence-corrected chi connectivity index (χ2v) is 10.1. The van der Waals surface area contributed by atoms with Gasteiger partial charge in [-0.15, -0.1) is 0 Å². The van der Waals surface area contributed by atoms with E-state index in [9.17, 15) is 5.11 Å². The minimum Gasteiger partial charge on any atom is -0.390 e. The Morgan fingerprint density at radius 2 is 1.96 bits per heavy atom. The highest BCUT2D eigenvalue weighted by Gasteiger charge is 2.61. The van der Waals surface area contributed by atoms with Crippen molar-refractivity contribution < 1.29 is 11.2 Å². The van der Waals surface area contributed by atoms with E-state index in [4.69, 9.17) is 6.11 Å². The quantitative estimate of drug-likeness (QED) is 0.682. The molecule has 2 nitrogen and oxygen atoms in total. The molecule has 1 N–H and O–H groups in total. The Morgan fingerprint density at radius 3 is 2.68 bits per heavy atom. The topological polar surface area (TPSA) is 29.5 Å². The molecular weight excluding hydrogens is 308 g/mol. The van der Waals surface area contributed by atoms with Gasteiger partial charge in [0, 0.05) is 7.11 Å². The first-order valence-corrected chi connectivity index (χ1v) is 10.6. The van der Waals surface area contributed by atoms with Crippen LogP contribution in [0, 0.1) is 34.5 Å². The molecule has 0 aromatic heterocycles. The molecule has 4 aliphatic carbocycles. The molecular formula is C23H38O2. The second kappa shape index (κ2) is 6.09. The molecule has 25 heavy (non-hydrogen) atoms. The third-order valence-electron chi connectivity index (χ3n) is 9.05. The summed E-state index contributed by atoms with van der Waals surface area (Å²) in [4.78, 5) is 0. The van der Waals surface area contributed by atoms with Gasteiger partial charge in [0.2, 0.25) is 0 Å². The maximum absolute atomic E-state index is 10.7. The van der Waals surface area contributed by atoms with Crippen molar-refractivity contribution in [3.8, 4) is 0 Å². The molecule has 0 heterocycles. The lowest BCUT2D eigenvalue weighted by atomic mass is 9.44. The summed E-state index contributed by atoms with van der Waals surface area (Å²) in [5, 5.41) is 10.7. The number of aliphatic hydroxyl groups is 1. The zero-order valence-corrected chi connectivity index (χ0v) is 16.7. The van der Waals surface area contributed by atoms with Gasteiger partial charge in [-0.05, 0) is 106 Å². The fraction of sp³-hybridized carbons (Fsp3) is 0.913. The summed E-state index contributed by atoms with van der Waals surface area (Å²) >= 11 is 0. The Labute approximate surface area is 155 Å². The Morgan fingerprint density at radius 1 is 1.16 bits per heavy atom. The van der Waals surface area contributed by atoms with Gasteiger partial charge in [-0.2, -0.15) is 0 Å². The normalized spacial score (nSPS) is 55.9. The van der Waals surface area contributed by atoms with E-state index in [1.807, 2.05) is 6.92 Å². The highest BCUT2D eigenvalue weighted by Crippen LogP contribution is 2.68. The van der Waals surface area contributed by atoms with Crippen molar-refractivity contribution in [3.05, 3.63) is 11.6 Å². The predicted molar refractivity (Wildman–Crippen MR) is 102 cm³/mol. The van der Waals surface area contributed by atoms with Crippen LogP contribution in [0.15, 0.2) is 11.6 Å². The first kappa shape index (κ1) is 16.8. The van der Waals surface area contributed by atoms with Crippen LogP contribution >= 0.6 is 0 Å². The van der Waals surface area contributed by atoms with E-state index < -0.39 is 12.2 Å². The number of allylic oxidation sites excluding steroid dienone is 2. The minimum absolute atomic E-state index is 0.0417. The van der Waals surface area contributed by atoms with Crippen molar-refractivity contribution in [3.63, 3.8) is 0 Å². The van der Waals surface area contributed by atoms with Crippen molar-refractivity contribution in [1.29, 1.82) is 0 Å². The van der Waals surface area contributed by atoms with Crippen LogP contribution in [-0.4, -0.2) is 24.4 Å². The standard InChI is InChI=1S/C23H38O2/c1-5-16-7-9-19-18-8-6-17-14-21(2,24)12-13-23(17,15-25-4)20(18)10-11-22(16,19)3/h5,17-20,24H,6-15H2,1-4H3/b16-5-/t17-,18+,19+,20+,21-,22-,23-/m1/s1/i15D/t15?,17-,18+,19+,20+,21-,22-,23-. The van der Waals surface area contributed by atoms with Gasteiger partial charge in [-0.25, -0.2) is 0 Å². The van der Waals surface area contributed by atoms with E-state index in [0.29, 0.717) is 17.3 Å². The average Bonchev–Trinajstić information content (AvgIpc) is 2.96. The molecule has 0 radical (unpaired) electrons. The monoisotopic (exact) mass is 347 g/mol. The predicted octanol–water partition coefficient (Wildman–Crippen LogP) is 5.35. The fourth-order valence-corrected chi connectivity index (χ4v) is 7.91. The number of fused-ring (bicyclic) bond motifs is 5. The smallest absolute Gasteiger partial charge is 0.0622 e. The summed E-state index contributed by atoms with van der Waals surface area (Å²) in [5.41, 5.74) is 1.50. The van der Waals surface area contributed by atoms with Crippen molar-refractivity contribution in [1.82, 2.24) is 0 Å². The van der Waals surface area contributed by atoms with Gasteiger partial charge >= 0.3 is 0 Å². The van der Waals surface area contributed by atoms with Crippen molar-refractivity contribution >= 4 is 0 Å². The Kier molecular flexibility index (Phi) is 4.09. The zero-order chi connectivity index (χ0) is 18.7. The molecule has 0 bridgehead atoms. The van der Waals surface area contributed by atoms with Gasteiger partial charge in [-0.3, -0.25) is 0 Å². The molecule has 142 valence electrons. The first-order chi connectivity index (χ1) is 12.3. The van der Waals surface area contributed by atoms with Crippen LogP contribution in [0.1, 0.15) is 79.9 Å². The van der Waals surface area contributed by atoms with E-state index in [1.54, 1.807) is 12.7 Å². The molecule has 0 aromatic rings. The van der Waals surface area contributed by atoms with Gasteiger partial charge in [0.1, 0.15) is 0 Å². The van der Waals surface area contributed by atoms with Crippen molar-refractivity contribution in [2.24, 2.45) is 34.5 Å². The molecule has 4 fully saturated rings. The zero-order valence-electron chi connectivity index (χ0n) is 17.7. The highest BCUT2D eigenvalue weighted by molar-refractivity contribution is 5.24. The Hall–Kier alpha value is -0.340. The molecule has 4 saturated carbocycles. The van der Waals surface area contributed by atoms with E-state index in [0.717, 1.165) is 31.1 Å². The van der Waals surface area contributed by atoms with Crippen LogP contribution < -0.4 is 0 Å². The van der Waals surface area contributed by atoms with Crippen LogP contribution in [0.3, 0.4) is 0 Å². The average molecular weight is 348 g/mol. The van der Waals surface area contributed by atoms with Crippen LogP contribution in [0.25, 0.3) is 0 Å². The van der Waals surface area contributed by atoms with Crippen LogP contribution in [0.4, 0.5) is 0 Å². The second-order valence-electron chi connectivity index (χ2n) is 10.1. The lowest BCUT2D eigenvalue weighted by Gasteiger charge is -2.62. The number of hydrogen-bond acceptors (Lipinski definition) is 2. The maximum Gasteiger partial charge on any atom is 0.0622 e. The van der Waals surface area contributed by atoms with Gasteiger partial charge in [0.15, 0.2) is 0 Å². The highest BCUT2D eigenvalue weighted by atomic mass is 16.5. The molecule has 0 spiro atoms. The molecule has 0 saturated heterocycles. The van der Waals surface area contributed by atoms with Crippen molar-refractivity contribution in [2.75, 3.05) is 13.7 Å². The lowest BCUT2D eigenvalue weighted by molar-refractivity contribution is -0.169. The summed E-state index contributed by atoms with van der Waals surface area (Å²) in [6.45, 7) is 6.31. The summed E-state index contributed by atoms with van der Waals surface area (Å²) in [6, 6.07) is 0. The summed E-state index contributed by atoms with van der Waals surface area (Å²) < 4.78 is 14.6. The molecule has 0 aliphatic heterocycles. The van der Waals surface area contributed by atoms with E-state index >= 15 is 0 Å². The molecule has 8 atom stereocenters. The Bertz CT molecular complexity index is 585. The number of rotatable bonds is 2. The molecule has 2 heteroatoms. The molecule has 4 aliphatic rings. The van der Waals surface area contributed by atoms with E-state index in [-0.39, 0.29) is 5.41 Å². The maximum atomic E-state index is 10.7. The van der Waals surface area contributed by atoms with Gasteiger partial charge in [0.05, 0.1) is 13.6 Å². The van der Waals surface area contributed by atoms with E-state index in [1.165, 1.54) is 38.5 Å². The third kappa shape index (κ3) is 2.57. The SMILES string of the molecule is [2H]C(OC)[C@]12CC[C@@](C)(O)C[C@H]1CC[C@@H]1[C@@H]2CC[C@]2(C)/C(=C\C)CC[C@@H]12. The summed E-state index contributed by atoms with van der Waals surface area (Å²) in [7, 11) is 1.72. The number of ether oxygens (including phenoxy) is 1. The van der Waals surface area contributed by atoms with E-state index in [2.05, 4.69) is 19.9 Å². The van der Waals surface area contributed by atoms with Crippen LogP contribution in [-0.2, 0) is 4.74 Å². The molecule has 0 amide bonds. The van der Waals surface area contributed by atoms with Gasteiger partial charge in [0.25, 0.3) is 0 Å². The Balaban J connectivity index is 1.70. The summed E-state index contributed by atoms with van der Waals surface area (Å²) in [5.74, 6) is 2.58. The minimum atomic E-state index is -0.552. The van der Waals surface area contributed by atoms with Gasteiger partial charge in [-0.1, -0.05) is 18.6 Å². The first-order valence-electron chi connectivity index (χ1n) is 11.2. The molecule has 1 unspecified atom stereocenters.